The average molecular weight is 229 g/mol. The summed E-state index contributed by atoms with van der Waals surface area (Å²) >= 11 is 0. The molecule has 0 spiro atoms. The monoisotopic (exact) mass is 229 g/mol. The van der Waals surface area contributed by atoms with Gasteiger partial charge < -0.3 is 9.84 Å². The molecule has 0 aliphatic carbocycles. The Kier molecular flexibility index (Phi) is 3.40. The Balaban J connectivity index is 2.34. The number of ether oxygens (including phenoxy) is 1. The minimum absolute atomic E-state index is 0.653. The SMILES string of the molecule is COc1ccc([C@@H](O)c2ccccn2)c(C)c1. The number of rotatable bonds is 3. The van der Waals surface area contributed by atoms with Crippen LogP contribution >= 0.6 is 0 Å². The minimum Gasteiger partial charge on any atom is -0.497 e. The van der Waals surface area contributed by atoms with Crippen molar-refractivity contribution in [2.75, 3.05) is 7.11 Å². The molecular weight excluding hydrogens is 214 g/mol. The van der Waals surface area contributed by atoms with E-state index < -0.39 is 6.10 Å². The van der Waals surface area contributed by atoms with Crippen LogP contribution in [0.5, 0.6) is 5.75 Å². The molecule has 0 aliphatic heterocycles. The van der Waals surface area contributed by atoms with Gasteiger partial charge in [-0.25, -0.2) is 0 Å². The molecule has 3 nitrogen and oxygen atoms in total. The highest BCUT2D eigenvalue weighted by atomic mass is 16.5. The third-order valence-electron chi connectivity index (χ3n) is 2.74. The van der Waals surface area contributed by atoms with Crippen LogP contribution in [0.2, 0.25) is 0 Å². The standard InChI is InChI=1S/C14H15NO2/c1-10-9-11(17-2)6-7-12(10)14(16)13-5-3-4-8-15-13/h3-9,14,16H,1-2H3/t14-/m1/s1. The van der Waals surface area contributed by atoms with Gasteiger partial charge in [0, 0.05) is 6.20 Å². The molecule has 1 N–H and O–H groups in total. The number of aliphatic hydroxyl groups is 1. The van der Waals surface area contributed by atoms with E-state index in [1.807, 2.05) is 43.3 Å². The highest BCUT2D eigenvalue weighted by Gasteiger charge is 2.13. The molecule has 1 atom stereocenters. The Bertz CT molecular complexity index is 497. The zero-order valence-corrected chi connectivity index (χ0v) is 9.92. The van der Waals surface area contributed by atoms with E-state index in [0.29, 0.717) is 5.69 Å². The van der Waals surface area contributed by atoms with E-state index in [4.69, 9.17) is 4.74 Å². The van der Waals surface area contributed by atoms with E-state index in [2.05, 4.69) is 4.98 Å². The Morgan fingerprint density at radius 1 is 1.24 bits per heavy atom. The first kappa shape index (κ1) is 11.6. The van der Waals surface area contributed by atoms with Crippen LogP contribution in [0.4, 0.5) is 0 Å². The number of methoxy groups -OCH3 is 1. The van der Waals surface area contributed by atoms with Crippen molar-refractivity contribution in [2.24, 2.45) is 0 Å². The van der Waals surface area contributed by atoms with Crippen molar-refractivity contribution in [3.63, 3.8) is 0 Å². The molecule has 1 heterocycles. The number of pyridine rings is 1. The van der Waals surface area contributed by atoms with Gasteiger partial charge in [0.2, 0.25) is 0 Å². The maximum atomic E-state index is 10.2. The number of aryl methyl sites for hydroxylation is 1. The predicted molar refractivity (Wildman–Crippen MR) is 66.0 cm³/mol. The molecule has 3 heteroatoms. The summed E-state index contributed by atoms with van der Waals surface area (Å²) in [5.74, 6) is 0.791. The molecule has 88 valence electrons. The lowest BCUT2D eigenvalue weighted by molar-refractivity contribution is 0.214. The molecule has 0 amide bonds. The third kappa shape index (κ3) is 2.45. The van der Waals surface area contributed by atoms with Gasteiger partial charge in [0.15, 0.2) is 0 Å². The normalized spacial score (nSPS) is 12.2. The van der Waals surface area contributed by atoms with Gasteiger partial charge in [0.05, 0.1) is 12.8 Å². The fourth-order valence-electron chi connectivity index (χ4n) is 1.78. The molecule has 0 bridgehead atoms. The van der Waals surface area contributed by atoms with Crippen LogP contribution in [-0.2, 0) is 0 Å². The van der Waals surface area contributed by atoms with Crippen molar-refractivity contribution in [2.45, 2.75) is 13.0 Å². The lowest BCUT2D eigenvalue weighted by atomic mass is 10.0. The summed E-state index contributed by atoms with van der Waals surface area (Å²) in [7, 11) is 1.63. The fraction of sp³-hybridized carbons (Fsp3) is 0.214. The van der Waals surface area contributed by atoms with Gasteiger partial charge in [-0.2, -0.15) is 0 Å². The summed E-state index contributed by atoms with van der Waals surface area (Å²) < 4.78 is 5.14. The lowest BCUT2D eigenvalue weighted by Crippen LogP contribution is -2.04. The van der Waals surface area contributed by atoms with E-state index >= 15 is 0 Å². The molecule has 1 aromatic carbocycles. The molecule has 0 saturated heterocycles. The van der Waals surface area contributed by atoms with E-state index in [0.717, 1.165) is 16.9 Å². The molecule has 0 aliphatic rings. The molecule has 1 aromatic heterocycles. The van der Waals surface area contributed by atoms with Gasteiger partial charge in [-0.15, -0.1) is 0 Å². The smallest absolute Gasteiger partial charge is 0.121 e. The first-order chi connectivity index (χ1) is 8.22. The first-order valence-corrected chi connectivity index (χ1v) is 5.46. The van der Waals surface area contributed by atoms with Crippen LogP contribution in [0.25, 0.3) is 0 Å². The van der Waals surface area contributed by atoms with Crippen molar-refractivity contribution in [3.05, 3.63) is 59.4 Å². The zero-order valence-electron chi connectivity index (χ0n) is 9.92. The van der Waals surface area contributed by atoms with Crippen LogP contribution in [0.15, 0.2) is 42.6 Å². The minimum atomic E-state index is -0.692. The molecule has 0 radical (unpaired) electrons. The van der Waals surface area contributed by atoms with Gasteiger partial charge in [0.25, 0.3) is 0 Å². The van der Waals surface area contributed by atoms with Crippen LogP contribution < -0.4 is 4.74 Å². The van der Waals surface area contributed by atoms with E-state index in [-0.39, 0.29) is 0 Å². The molecule has 2 rings (SSSR count). The number of nitrogens with zero attached hydrogens (tertiary/aromatic N) is 1. The second-order valence-electron chi connectivity index (χ2n) is 3.88. The van der Waals surface area contributed by atoms with Crippen molar-refractivity contribution >= 4 is 0 Å². The Morgan fingerprint density at radius 2 is 2.06 bits per heavy atom. The van der Waals surface area contributed by atoms with Crippen molar-refractivity contribution in [1.82, 2.24) is 4.98 Å². The highest BCUT2D eigenvalue weighted by molar-refractivity contribution is 5.38. The van der Waals surface area contributed by atoms with Crippen molar-refractivity contribution in [3.8, 4) is 5.75 Å². The van der Waals surface area contributed by atoms with Crippen LogP contribution in [0.3, 0.4) is 0 Å². The summed E-state index contributed by atoms with van der Waals surface area (Å²) in [5.41, 5.74) is 2.49. The molecule has 2 aromatic rings. The maximum Gasteiger partial charge on any atom is 0.121 e. The second-order valence-corrected chi connectivity index (χ2v) is 3.88. The van der Waals surface area contributed by atoms with Crippen LogP contribution in [0.1, 0.15) is 22.9 Å². The average Bonchev–Trinajstić information content (AvgIpc) is 2.39. The molecule has 0 unspecified atom stereocenters. The maximum absolute atomic E-state index is 10.2. The third-order valence-corrected chi connectivity index (χ3v) is 2.74. The topological polar surface area (TPSA) is 42.4 Å². The summed E-state index contributed by atoms with van der Waals surface area (Å²) in [6.45, 7) is 1.95. The molecule has 0 saturated carbocycles. The number of benzene rings is 1. The number of aliphatic hydroxyl groups excluding tert-OH is 1. The summed E-state index contributed by atoms with van der Waals surface area (Å²) in [6.07, 6.45) is 0.985. The van der Waals surface area contributed by atoms with Gasteiger partial charge in [-0.05, 0) is 42.3 Å². The van der Waals surface area contributed by atoms with Crippen LogP contribution in [0, 0.1) is 6.92 Å². The second kappa shape index (κ2) is 4.97. The van der Waals surface area contributed by atoms with Crippen LogP contribution in [-0.4, -0.2) is 17.2 Å². The summed E-state index contributed by atoms with van der Waals surface area (Å²) in [5, 5.41) is 10.2. The predicted octanol–water partition coefficient (Wildman–Crippen LogP) is 2.48. The van der Waals surface area contributed by atoms with E-state index in [9.17, 15) is 5.11 Å². The largest absolute Gasteiger partial charge is 0.497 e. The lowest BCUT2D eigenvalue weighted by Gasteiger charge is -2.14. The van der Waals surface area contributed by atoms with Crippen molar-refractivity contribution in [1.29, 1.82) is 0 Å². The Labute approximate surface area is 101 Å². The van der Waals surface area contributed by atoms with Gasteiger partial charge in [-0.1, -0.05) is 12.1 Å². The first-order valence-electron chi connectivity index (χ1n) is 5.46. The molecular formula is C14H15NO2. The number of hydrogen-bond donors (Lipinski definition) is 1. The summed E-state index contributed by atoms with van der Waals surface area (Å²) in [4.78, 5) is 4.16. The van der Waals surface area contributed by atoms with Crippen molar-refractivity contribution < 1.29 is 9.84 Å². The fourth-order valence-corrected chi connectivity index (χ4v) is 1.78. The number of aromatic nitrogens is 1. The Hall–Kier alpha value is -1.87. The molecule has 17 heavy (non-hydrogen) atoms. The van der Waals surface area contributed by atoms with Gasteiger partial charge >= 0.3 is 0 Å². The quantitative estimate of drug-likeness (QED) is 0.879. The zero-order chi connectivity index (χ0) is 12.3. The van der Waals surface area contributed by atoms with Gasteiger partial charge in [0.1, 0.15) is 11.9 Å². The Morgan fingerprint density at radius 3 is 2.65 bits per heavy atom. The van der Waals surface area contributed by atoms with Gasteiger partial charge in [-0.3, -0.25) is 4.98 Å². The number of hydrogen-bond acceptors (Lipinski definition) is 3. The summed E-state index contributed by atoms with van der Waals surface area (Å²) in [6, 6.07) is 11.1. The molecule has 0 fully saturated rings. The highest BCUT2D eigenvalue weighted by Crippen LogP contribution is 2.26. The van der Waals surface area contributed by atoms with E-state index in [1.165, 1.54) is 0 Å². The van der Waals surface area contributed by atoms with E-state index in [1.54, 1.807) is 13.3 Å².